The van der Waals surface area contributed by atoms with Crippen LogP contribution in [0.15, 0.2) is 30.3 Å². The minimum atomic E-state index is -0.0210. The molecule has 7 heteroatoms. The van der Waals surface area contributed by atoms with Crippen LogP contribution in [0.2, 0.25) is 0 Å². The Labute approximate surface area is 177 Å². The Bertz CT molecular complexity index is 849. The van der Waals surface area contributed by atoms with E-state index in [-0.39, 0.29) is 5.91 Å². The third-order valence-corrected chi connectivity index (χ3v) is 5.42. The van der Waals surface area contributed by atoms with E-state index in [1.54, 1.807) is 40.6 Å². The van der Waals surface area contributed by atoms with E-state index in [2.05, 4.69) is 22.3 Å². The molecule has 0 saturated heterocycles. The minimum absolute atomic E-state index is 0.0210. The fourth-order valence-electron chi connectivity index (χ4n) is 3.72. The summed E-state index contributed by atoms with van der Waals surface area (Å²) in [5.41, 5.74) is 3.26. The molecule has 1 heterocycles. The van der Waals surface area contributed by atoms with E-state index in [1.807, 2.05) is 6.07 Å². The topological polar surface area (TPSA) is 69.3 Å². The molecule has 0 atom stereocenters. The largest absolute Gasteiger partial charge is 0.493 e. The molecule has 162 valence electrons. The molecule has 0 aliphatic carbocycles. The highest BCUT2D eigenvalue weighted by Crippen LogP contribution is 2.32. The Morgan fingerprint density at radius 2 is 1.37 bits per heavy atom. The second-order valence-corrected chi connectivity index (χ2v) is 7.19. The monoisotopic (exact) mass is 414 g/mol. The van der Waals surface area contributed by atoms with Gasteiger partial charge in [-0.1, -0.05) is 0 Å². The second-order valence-electron chi connectivity index (χ2n) is 7.19. The van der Waals surface area contributed by atoms with Crippen LogP contribution < -0.4 is 24.3 Å². The first-order valence-electron chi connectivity index (χ1n) is 10.1. The van der Waals surface area contributed by atoms with E-state index in [1.165, 1.54) is 11.1 Å². The second kappa shape index (κ2) is 10.2. The van der Waals surface area contributed by atoms with Crippen molar-refractivity contribution in [1.29, 1.82) is 0 Å². The third kappa shape index (κ3) is 5.16. The normalized spacial score (nSPS) is 13.7. The van der Waals surface area contributed by atoms with E-state index in [9.17, 15) is 4.79 Å². The molecule has 1 N–H and O–H groups in total. The Hall–Kier alpha value is -2.93. The molecule has 7 nitrogen and oxygen atoms in total. The van der Waals surface area contributed by atoms with Crippen LogP contribution in [0.25, 0.3) is 0 Å². The predicted molar refractivity (Wildman–Crippen MR) is 116 cm³/mol. The summed E-state index contributed by atoms with van der Waals surface area (Å²) >= 11 is 0. The summed E-state index contributed by atoms with van der Waals surface area (Å²) in [4.78, 5) is 14.8. The van der Waals surface area contributed by atoms with Crippen molar-refractivity contribution in [2.75, 3.05) is 53.4 Å². The van der Waals surface area contributed by atoms with Gasteiger partial charge in [0.25, 0.3) is 0 Å². The van der Waals surface area contributed by atoms with Crippen LogP contribution in [0.3, 0.4) is 0 Å². The molecular weight excluding hydrogens is 384 g/mol. The lowest BCUT2D eigenvalue weighted by molar-refractivity contribution is -0.116. The zero-order valence-electron chi connectivity index (χ0n) is 18.1. The van der Waals surface area contributed by atoms with Crippen molar-refractivity contribution < 1.29 is 23.7 Å². The van der Waals surface area contributed by atoms with Gasteiger partial charge in [-0.25, -0.2) is 0 Å². The zero-order chi connectivity index (χ0) is 21.5. The molecule has 0 aromatic heterocycles. The number of carbonyl (C=O) groups is 1. The molecule has 30 heavy (non-hydrogen) atoms. The maximum atomic E-state index is 12.4. The van der Waals surface area contributed by atoms with Gasteiger partial charge in [0, 0.05) is 37.8 Å². The molecule has 0 saturated carbocycles. The van der Waals surface area contributed by atoms with Crippen molar-refractivity contribution >= 4 is 11.6 Å². The maximum absolute atomic E-state index is 12.4. The van der Waals surface area contributed by atoms with E-state index in [0.29, 0.717) is 30.2 Å². The van der Waals surface area contributed by atoms with Crippen LogP contribution in [-0.4, -0.2) is 58.9 Å². The highest BCUT2D eigenvalue weighted by Gasteiger charge is 2.18. The fourth-order valence-corrected chi connectivity index (χ4v) is 3.72. The summed E-state index contributed by atoms with van der Waals surface area (Å²) < 4.78 is 21.4. The average molecular weight is 415 g/mol. The highest BCUT2D eigenvalue weighted by molar-refractivity contribution is 5.91. The van der Waals surface area contributed by atoms with Crippen molar-refractivity contribution in [3.05, 3.63) is 41.5 Å². The molecule has 0 fully saturated rings. The van der Waals surface area contributed by atoms with Gasteiger partial charge in [-0.05, 0) is 48.2 Å². The van der Waals surface area contributed by atoms with Gasteiger partial charge in [-0.3, -0.25) is 4.79 Å². The Kier molecular flexibility index (Phi) is 7.41. The van der Waals surface area contributed by atoms with Gasteiger partial charge >= 0.3 is 0 Å². The van der Waals surface area contributed by atoms with Crippen molar-refractivity contribution in [2.45, 2.75) is 19.3 Å². The first-order valence-corrected chi connectivity index (χ1v) is 10.1. The molecular formula is C23H30N2O5. The molecule has 2 aromatic carbocycles. The summed E-state index contributed by atoms with van der Waals surface area (Å²) in [6, 6.07) is 9.49. The number of anilines is 1. The number of rotatable bonds is 8. The van der Waals surface area contributed by atoms with Crippen molar-refractivity contribution in [3.8, 4) is 23.0 Å². The van der Waals surface area contributed by atoms with Crippen LogP contribution in [0.5, 0.6) is 23.0 Å². The molecule has 0 bridgehead atoms. The number of hydrogen-bond donors (Lipinski definition) is 1. The number of amides is 1. The van der Waals surface area contributed by atoms with Crippen molar-refractivity contribution in [1.82, 2.24) is 4.90 Å². The lowest BCUT2D eigenvalue weighted by Gasteiger charge is -2.19. The molecule has 1 aliphatic heterocycles. The quantitative estimate of drug-likeness (QED) is 0.716. The first-order chi connectivity index (χ1) is 14.6. The number of benzene rings is 2. The van der Waals surface area contributed by atoms with Crippen LogP contribution in [0, 0.1) is 0 Å². The molecule has 1 aliphatic rings. The van der Waals surface area contributed by atoms with E-state index < -0.39 is 0 Å². The summed E-state index contributed by atoms with van der Waals surface area (Å²) in [6.45, 7) is 2.53. The van der Waals surface area contributed by atoms with E-state index in [4.69, 9.17) is 18.9 Å². The summed E-state index contributed by atoms with van der Waals surface area (Å²) in [7, 11) is 6.47. The minimum Gasteiger partial charge on any atom is -0.493 e. The lowest BCUT2D eigenvalue weighted by Crippen LogP contribution is -2.30. The highest BCUT2D eigenvalue weighted by atomic mass is 16.5. The standard InChI is InChI=1S/C23H30N2O5/c1-27-19-6-5-18(15-22(19)30-4)24-23(26)9-12-25-10-7-16-13-20(28-2)21(29-3)14-17(16)8-11-25/h5-6,13-15H,7-12H2,1-4H3,(H,24,26). The molecule has 3 rings (SSSR count). The van der Waals surface area contributed by atoms with Gasteiger partial charge in [0.2, 0.25) is 5.91 Å². The summed E-state index contributed by atoms with van der Waals surface area (Å²) in [5.74, 6) is 2.73. The SMILES string of the molecule is COc1ccc(NC(=O)CCN2CCc3cc(OC)c(OC)cc3CC2)cc1OC. The van der Waals surface area contributed by atoms with Gasteiger partial charge in [0.1, 0.15) is 0 Å². The molecule has 0 spiro atoms. The van der Waals surface area contributed by atoms with Gasteiger partial charge < -0.3 is 29.2 Å². The predicted octanol–water partition coefficient (Wildman–Crippen LogP) is 3.15. The van der Waals surface area contributed by atoms with Gasteiger partial charge in [0.15, 0.2) is 23.0 Å². The van der Waals surface area contributed by atoms with Gasteiger partial charge in [0.05, 0.1) is 28.4 Å². The van der Waals surface area contributed by atoms with Crippen LogP contribution in [-0.2, 0) is 17.6 Å². The molecule has 2 aromatic rings. The zero-order valence-corrected chi connectivity index (χ0v) is 18.1. The number of methoxy groups -OCH3 is 4. The number of hydrogen-bond acceptors (Lipinski definition) is 6. The number of ether oxygens (including phenoxy) is 4. The van der Waals surface area contributed by atoms with Crippen molar-refractivity contribution in [2.24, 2.45) is 0 Å². The smallest absolute Gasteiger partial charge is 0.225 e. The van der Waals surface area contributed by atoms with E-state index in [0.717, 1.165) is 37.4 Å². The van der Waals surface area contributed by atoms with Crippen molar-refractivity contribution in [3.63, 3.8) is 0 Å². The number of fused-ring (bicyclic) bond motifs is 1. The first kappa shape index (κ1) is 21.8. The fraction of sp³-hybridized carbons (Fsp3) is 0.435. The van der Waals surface area contributed by atoms with Gasteiger partial charge in [-0.15, -0.1) is 0 Å². The maximum Gasteiger partial charge on any atom is 0.225 e. The number of nitrogens with zero attached hydrogens (tertiary/aromatic N) is 1. The van der Waals surface area contributed by atoms with Crippen LogP contribution >= 0.6 is 0 Å². The Balaban J connectivity index is 1.54. The Morgan fingerprint density at radius 1 is 0.833 bits per heavy atom. The van der Waals surface area contributed by atoms with Crippen LogP contribution in [0.1, 0.15) is 17.5 Å². The van der Waals surface area contributed by atoms with Gasteiger partial charge in [-0.2, -0.15) is 0 Å². The number of nitrogens with one attached hydrogen (secondary N) is 1. The molecule has 1 amide bonds. The molecule has 0 unspecified atom stereocenters. The van der Waals surface area contributed by atoms with E-state index >= 15 is 0 Å². The summed E-state index contributed by atoms with van der Waals surface area (Å²) in [5, 5.41) is 2.94. The molecule has 0 radical (unpaired) electrons. The number of carbonyl (C=O) groups excluding carboxylic acids is 1. The summed E-state index contributed by atoms with van der Waals surface area (Å²) in [6.07, 6.45) is 2.28. The average Bonchev–Trinajstić information content (AvgIpc) is 2.98. The third-order valence-electron chi connectivity index (χ3n) is 5.42. The Morgan fingerprint density at radius 3 is 1.90 bits per heavy atom. The lowest BCUT2D eigenvalue weighted by atomic mass is 10.0. The van der Waals surface area contributed by atoms with Crippen LogP contribution in [0.4, 0.5) is 5.69 Å².